The Labute approximate surface area is 230 Å². The summed E-state index contributed by atoms with van der Waals surface area (Å²) in [6, 6.07) is 18.9. The van der Waals surface area contributed by atoms with Crippen LogP contribution in [-0.2, 0) is 17.9 Å². The Hall–Kier alpha value is -3.38. The lowest BCUT2D eigenvalue weighted by Crippen LogP contribution is -2.29. The third-order valence-electron chi connectivity index (χ3n) is 8.40. The number of benzene rings is 3. The molecule has 0 spiro atoms. The van der Waals surface area contributed by atoms with Crippen LogP contribution in [0.3, 0.4) is 0 Å². The predicted octanol–water partition coefficient (Wildman–Crippen LogP) is 7.42. The van der Waals surface area contributed by atoms with Gasteiger partial charge in [-0.3, -0.25) is 9.69 Å². The smallest absolute Gasteiger partial charge is 0.303 e. The maximum atomic E-state index is 15.0. The molecule has 0 aromatic heterocycles. The van der Waals surface area contributed by atoms with Crippen molar-refractivity contribution in [2.24, 2.45) is 5.41 Å². The molecule has 0 bridgehead atoms. The van der Waals surface area contributed by atoms with Gasteiger partial charge in [-0.1, -0.05) is 43.7 Å². The lowest BCUT2D eigenvalue weighted by molar-refractivity contribution is -0.137. The third kappa shape index (κ3) is 6.62. The van der Waals surface area contributed by atoms with Crippen molar-refractivity contribution < 1.29 is 23.8 Å². The maximum Gasteiger partial charge on any atom is 0.303 e. The molecule has 6 heteroatoms. The first-order valence-electron chi connectivity index (χ1n) is 14.0. The quantitative estimate of drug-likeness (QED) is 0.279. The molecule has 1 aliphatic carbocycles. The second kappa shape index (κ2) is 11.8. The van der Waals surface area contributed by atoms with Crippen molar-refractivity contribution >= 4 is 5.97 Å². The zero-order valence-electron chi connectivity index (χ0n) is 22.9. The Morgan fingerprint density at radius 2 is 1.79 bits per heavy atom. The fourth-order valence-electron chi connectivity index (χ4n) is 5.80. The zero-order chi connectivity index (χ0) is 27.4. The summed E-state index contributed by atoms with van der Waals surface area (Å²) in [7, 11) is 1.59. The number of carbonyl (C=O) groups is 1. The Balaban J connectivity index is 1.38. The summed E-state index contributed by atoms with van der Waals surface area (Å²) < 4.78 is 26.6. The van der Waals surface area contributed by atoms with Gasteiger partial charge in [0.1, 0.15) is 23.9 Å². The van der Waals surface area contributed by atoms with Crippen LogP contribution in [0, 0.1) is 11.2 Å². The average Bonchev–Trinajstić information content (AvgIpc) is 3.70. The number of ether oxygens (including phenoxy) is 2. The molecule has 39 heavy (non-hydrogen) atoms. The van der Waals surface area contributed by atoms with Gasteiger partial charge in [0.15, 0.2) is 0 Å². The molecule has 5 rings (SSSR count). The molecule has 1 saturated heterocycles. The standard InChI is InChI=1S/C33H38FNO4/c1-33(13-14-33)30(20-32(36)37)24-7-6-8-27(18-24)39-22-23-9-11-28(29-19-26(38-2)10-12-31(29)34)25(17-23)21-35-15-4-3-5-16-35/h6-12,17-19,30H,3-5,13-16,20-22H2,1-2H3,(H,36,37)/t30-/m1/s1. The molecule has 5 nitrogen and oxygen atoms in total. The minimum atomic E-state index is -0.770. The zero-order valence-corrected chi connectivity index (χ0v) is 22.9. The molecule has 2 aliphatic rings. The van der Waals surface area contributed by atoms with Gasteiger partial charge in [0.25, 0.3) is 0 Å². The number of carboxylic acid groups (broad SMARTS) is 1. The highest BCUT2D eigenvalue weighted by Crippen LogP contribution is 2.57. The van der Waals surface area contributed by atoms with Gasteiger partial charge in [0.2, 0.25) is 0 Å². The first-order valence-corrected chi connectivity index (χ1v) is 14.0. The largest absolute Gasteiger partial charge is 0.497 e. The topological polar surface area (TPSA) is 59.0 Å². The summed E-state index contributed by atoms with van der Waals surface area (Å²) in [5.74, 6) is 0.299. The van der Waals surface area contributed by atoms with Crippen molar-refractivity contribution in [3.8, 4) is 22.6 Å². The van der Waals surface area contributed by atoms with E-state index in [1.165, 1.54) is 25.3 Å². The summed E-state index contributed by atoms with van der Waals surface area (Å²) in [5, 5.41) is 9.49. The van der Waals surface area contributed by atoms with Crippen LogP contribution in [-0.4, -0.2) is 36.2 Å². The maximum absolute atomic E-state index is 15.0. The number of rotatable bonds is 11. The predicted molar refractivity (Wildman–Crippen MR) is 151 cm³/mol. The van der Waals surface area contributed by atoms with Gasteiger partial charge < -0.3 is 14.6 Å². The molecule has 1 N–H and O–H groups in total. The number of nitrogens with zero attached hydrogens (tertiary/aromatic N) is 1. The lowest BCUT2D eigenvalue weighted by atomic mass is 9.82. The van der Waals surface area contributed by atoms with E-state index in [1.807, 2.05) is 36.4 Å². The van der Waals surface area contributed by atoms with E-state index >= 15 is 0 Å². The van der Waals surface area contributed by atoms with E-state index < -0.39 is 5.97 Å². The molecule has 1 atom stereocenters. The summed E-state index contributed by atoms with van der Waals surface area (Å²) >= 11 is 0. The van der Waals surface area contributed by atoms with Gasteiger partial charge in [-0.05, 0) is 103 Å². The molecule has 0 unspecified atom stereocenters. The van der Waals surface area contributed by atoms with Crippen LogP contribution in [0.4, 0.5) is 4.39 Å². The fraction of sp³-hybridized carbons (Fsp3) is 0.424. The SMILES string of the molecule is COc1ccc(F)c(-c2ccc(COc3cccc([C@@H](CC(=O)O)C4(C)CC4)c3)cc2CN2CCCCC2)c1. The number of piperidine rings is 1. The molecule has 1 saturated carbocycles. The summed E-state index contributed by atoms with van der Waals surface area (Å²) in [6.45, 7) is 5.39. The molecule has 0 amide bonds. The van der Waals surface area contributed by atoms with Crippen LogP contribution in [0.1, 0.15) is 68.1 Å². The van der Waals surface area contributed by atoms with Crippen molar-refractivity contribution in [3.05, 3.63) is 83.2 Å². The van der Waals surface area contributed by atoms with Gasteiger partial charge in [-0.25, -0.2) is 4.39 Å². The lowest BCUT2D eigenvalue weighted by Gasteiger charge is -2.27. The van der Waals surface area contributed by atoms with Gasteiger partial charge >= 0.3 is 5.97 Å². The molecule has 3 aromatic rings. The molecular formula is C33H38FNO4. The minimum absolute atomic E-state index is 0.0215. The van der Waals surface area contributed by atoms with Gasteiger partial charge in [0, 0.05) is 12.1 Å². The highest BCUT2D eigenvalue weighted by molar-refractivity contribution is 5.70. The summed E-state index contributed by atoms with van der Waals surface area (Å²) in [4.78, 5) is 14.0. The first-order chi connectivity index (χ1) is 18.8. The molecule has 2 fully saturated rings. The number of aliphatic carboxylic acids is 1. The van der Waals surface area contributed by atoms with E-state index in [0.717, 1.165) is 60.5 Å². The van der Waals surface area contributed by atoms with Crippen LogP contribution < -0.4 is 9.47 Å². The van der Waals surface area contributed by atoms with Crippen LogP contribution >= 0.6 is 0 Å². The monoisotopic (exact) mass is 531 g/mol. The fourth-order valence-corrected chi connectivity index (χ4v) is 5.80. The molecule has 1 aliphatic heterocycles. The van der Waals surface area contributed by atoms with Crippen molar-refractivity contribution in [1.82, 2.24) is 4.90 Å². The number of hydrogen-bond donors (Lipinski definition) is 1. The number of hydrogen-bond acceptors (Lipinski definition) is 4. The Morgan fingerprint density at radius 3 is 2.51 bits per heavy atom. The van der Waals surface area contributed by atoms with Crippen LogP contribution in [0.5, 0.6) is 11.5 Å². The molecule has 0 radical (unpaired) electrons. The van der Waals surface area contributed by atoms with Crippen LogP contribution in [0.25, 0.3) is 11.1 Å². The van der Waals surface area contributed by atoms with Crippen LogP contribution in [0.15, 0.2) is 60.7 Å². The highest BCUT2D eigenvalue weighted by atomic mass is 19.1. The van der Waals surface area contributed by atoms with E-state index in [4.69, 9.17) is 9.47 Å². The van der Waals surface area contributed by atoms with Crippen LogP contribution in [0.2, 0.25) is 0 Å². The summed E-state index contributed by atoms with van der Waals surface area (Å²) in [6.07, 6.45) is 5.86. The second-order valence-electron chi connectivity index (χ2n) is 11.3. The Bertz CT molecular complexity index is 1310. The summed E-state index contributed by atoms with van der Waals surface area (Å²) in [5.41, 5.74) is 4.56. The molecule has 3 aromatic carbocycles. The minimum Gasteiger partial charge on any atom is -0.497 e. The Morgan fingerprint density at radius 1 is 1.00 bits per heavy atom. The molecule has 206 valence electrons. The van der Waals surface area contributed by atoms with Crippen molar-refractivity contribution in [3.63, 3.8) is 0 Å². The number of carboxylic acids is 1. The van der Waals surface area contributed by atoms with E-state index in [2.05, 4.69) is 17.9 Å². The number of halogens is 1. The third-order valence-corrected chi connectivity index (χ3v) is 8.40. The van der Waals surface area contributed by atoms with E-state index in [0.29, 0.717) is 17.9 Å². The first kappa shape index (κ1) is 27.2. The van der Waals surface area contributed by atoms with Crippen molar-refractivity contribution in [2.45, 2.75) is 64.5 Å². The number of methoxy groups -OCH3 is 1. The van der Waals surface area contributed by atoms with Gasteiger partial charge in [-0.2, -0.15) is 0 Å². The average molecular weight is 532 g/mol. The van der Waals surface area contributed by atoms with Crippen molar-refractivity contribution in [1.29, 1.82) is 0 Å². The van der Waals surface area contributed by atoms with Crippen molar-refractivity contribution in [2.75, 3.05) is 20.2 Å². The van der Waals surface area contributed by atoms with Gasteiger partial charge in [0.05, 0.1) is 13.5 Å². The second-order valence-corrected chi connectivity index (χ2v) is 11.3. The number of likely N-dealkylation sites (tertiary alicyclic amines) is 1. The van der Waals surface area contributed by atoms with Gasteiger partial charge in [-0.15, -0.1) is 0 Å². The molecular weight excluding hydrogens is 493 g/mol. The van der Waals surface area contributed by atoms with E-state index in [9.17, 15) is 14.3 Å². The Kier molecular flexibility index (Phi) is 8.22. The van der Waals surface area contributed by atoms with E-state index in [1.54, 1.807) is 19.2 Å². The van der Waals surface area contributed by atoms with E-state index in [-0.39, 0.29) is 23.6 Å². The highest BCUT2D eigenvalue weighted by Gasteiger charge is 2.46. The normalized spacial score (nSPS) is 17.4. The molecule has 1 heterocycles.